The van der Waals surface area contributed by atoms with Crippen molar-refractivity contribution >= 4 is 23.4 Å². The second kappa shape index (κ2) is 10.2. The fourth-order valence-corrected chi connectivity index (χ4v) is 3.23. The molecule has 0 aliphatic heterocycles. The molecule has 0 aliphatic rings. The van der Waals surface area contributed by atoms with E-state index in [-0.39, 0.29) is 29.4 Å². The molecule has 2 aromatic rings. The summed E-state index contributed by atoms with van der Waals surface area (Å²) in [4.78, 5) is 27.4. The first-order valence-corrected chi connectivity index (χ1v) is 11.3. The molecule has 7 nitrogen and oxygen atoms in total. The maximum Gasteiger partial charge on any atom is 0.322 e. The number of unbranched alkanes of at least 4 members (excludes halogenated alkanes) is 1. The molecule has 0 spiro atoms. The molecule has 32 heavy (non-hydrogen) atoms. The van der Waals surface area contributed by atoms with Gasteiger partial charge in [0, 0.05) is 23.7 Å². The Morgan fingerprint density at radius 2 is 1.75 bits per heavy atom. The molecule has 0 saturated carbocycles. The number of nitrogens with one attached hydrogen (secondary N) is 2. The van der Waals surface area contributed by atoms with E-state index in [9.17, 15) is 9.59 Å². The molecule has 176 valence electrons. The molecular formula is C25H39N5O2. The van der Waals surface area contributed by atoms with Gasteiger partial charge in [-0.1, -0.05) is 46.2 Å². The van der Waals surface area contributed by atoms with Gasteiger partial charge in [0.05, 0.1) is 11.2 Å². The summed E-state index contributed by atoms with van der Waals surface area (Å²) in [7, 11) is 0. The first-order chi connectivity index (χ1) is 14.8. The normalized spacial score (nSPS) is 11.9. The van der Waals surface area contributed by atoms with Crippen LogP contribution in [0.25, 0.3) is 0 Å². The molecule has 2 rings (SSSR count). The van der Waals surface area contributed by atoms with Crippen LogP contribution in [0.5, 0.6) is 0 Å². The van der Waals surface area contributed by atoms with Crippen LogP contribution in [0.1, 0.15) is 72.6 Å². The van der Waals surface area contributed by atoms with Crippen molar-refractivity contribution in [2.24, 2.45) is 0 Å². The minimum Gasteiger partial charge on any atom is -0.315 e. The lowest BCUT2D eigenvalue weighted by Crippen LogP contribution is -2.41. The number of aryl methyl sites for hydroxylation is 1. The van der Waals surface area contributed by atoms with Crippen LogP contribution in [0.15, 0.2) is 30.3 Å². The van der Waals surface area contributed by atoms with Crippen molar-refractivity contribution in [1.29, 1.82) is 0 Å². The van der Waals surface area contributed by atoms with E-state index in [1.165, 1.54) is 0 Å². The number of rotatable bonds is 7. The molecule has 0 unspecified atom stereocenters. The average Bonchev–Trinajstić information content (AvgIpc) is 3.09. The zero-order chi connectivity index (χ0) is 24.1. The quantitative estimate of drug-likeness (QED) is 0.594. The van der Waals surface area contributed by atoms with E-state index in [1.807, 2.05) is 62.7 Å². The number of anilines is 2. The fourth-order valence-electron chi connectivity index (χ4n) is 3.23. The molecule has 1 heterocycles. The predicted molar refractivity (Wildman–Crippen MR) is 131 cm³/mol. The molecule has 0 atom stereocenters. The third kappa shape index (κ3) is 7.11. The minimum absolute atomic E-state index is 0.0299. The van der Waals surface area contributed by atoms with Crippen LogP contribution in [0.4, 0.5) is 16.3 Å². The van der Waals surface area contributed by atoms with Crippen LogP contribution < -0.4 is 10.6 Å². The van der Waals surface area contributed by atoms with E-state index >= 15 is 0 Å². The van der Waals surface area contributed by atoms with E-state index < -0.39 is 0 Å². The van der Waals surface area contributed by atoms with Gasteiger partial charge in [0.15, 0.2) is 0 Å². The van der Waals surface area contributed by atoms with E-state index in [2.05, 4.69) is 38.3 Å². The van der Waals surface area contributed by atoms with Crippen LogP contribution >= 0.6 is 0 Å². The summed E-state index contributed by atoms with van der Waals surface area (Å²) in [6.45, 7) is 16.9. The van der Waals surface area contributed by atoms with Gasteiger partial charge in [-0.15, -0.1) is 0 Å². The van der Waals surface area contributed by atoms with Gasteiger partial charge in [-0.25, -0.2) is 9.48 Å². The van der Waals surface area contributed by atoms with E-state index in [1.54, 1.807) is 4.90 Å². The van der Waals surface area contributed by atoms with Crippen molar-refractivity contribution in [2.75, 3.05) is 23.7 Å². The van der Waals surface area contributed by atoms with E-state index in [0.717, 1.165) is 29.8 Å². The molecule has 1 aromatic heterocycles. The molecule has 7 heteroatoms. The highest BCUT2D eigenvalue weighted by Crippen LogP contribution is 2.28. The highest BCUT2D eigenvalue weighted by Gasteiger charge is 2.26. The van der Waals surface area contributed by atoms with Crippen molar-refractivity contribution in [1.82, 2.24) is 14.7 Å². The lowest BCUT2D eigenvalue weighted by atomic mass is 9.92. The molecule has 3 amide bonds. The fraction of sp³-hybridized carbons (Fsp3) is 0.560. The van der Waals surface area contributed by atoms with Crippen LogP contribution in [0.2, 0.25) is 0 Å². The van der Waals surface area contributed by atoms with Gasteiger partial charge in [0.1, 0.15) is 12.4 Å². The topological polar surface area (TPSA) is 79.3 Å². The van der Waals surface area contributed by atoms with Crippen molar-refractivity contribution in [3.63, 3.8) is 0 Å². The minimum atomic E-state index is -0.295. The first kappa shape index (κ1) is 25.4. The number of carbonyl (C=O) groups is 2. The molecule has 0 fully saturated rings. The third-order valence-corrected chi connectivity index (χ3v) is 5.05. The summed E-state index contributed by atoms with van der Waals surface area (Å²) in [5.41, 5.74) is 2.25. The number of amides is 3. The number of aromatic nitrogens is 2. The second-order valence-corrected chi connectivity index (χ2v) is 10.4. The average molecular weight is 442 g/mol. The van der Waals surface area contributed by atoms with Gasteiger partial charge >= 0.3 is 6.03 Å². The Labute approximate surface area is 192 Å². The zero-order valence-electron chi connectivity index (χ0n) is 20.9. The lowest BCUT2D eigenvalue weighted by molar-refractivity contribution is -0.116. The predicted octanol–water partition coefficient (Wildman–Crippen LogP) is 5.52. The molecule has 0 bridgehead atoms. The molecule has 1 aromatic carbocycles. The number of benzene rings is 1. The SMILES string of the molecule is CCCCN(CC(=O)Nc1cc(C(C)(C)C)nn1C(C)(C)C)C(=O)Nc1cccc(C)c1. The Balaban J connectivity index is 2.18. The maximum atomic E-state index is 13.0. The van der Waals surface area contributed by atoms with Crippen LogP contribution in [-0.4, -0.2) is 39.7 Å². The first-order valence-electron chi connectivity index (χ1n) is 11.3. The van der Waals surface area contributed by atoms with Gasteiger partial charge in [0.25, 0.3) is 0 Å². The van der Waals surface area contributed by atoms with Gasteiger partial charge in [-0.05, 0) is 51.8 Å². The standard InChI is InChI=1S/C25H39N5O2/c1-9-10-14-29(23(32)26-19-13-11-12-18(2)15-19)17-22(31)27-21-16-20(24(3,4)5)28-30(21)25(6,7)8/h11-13,15-16H,9-10,14,17H2,1-8H3,(H,26,32)(H,27,31). The largest absolute Gasteiger partial charge is 0.322 e. The highest BCUT2D eigenvalue weighted by atomic mass is 16.2. The van der Waals surface area contributed by atoms with Crippen LogP contribution in [0.3, 0.4) is 0 Å². The highest BCUT2D eigenvalue weighted by molar-refractivity contribution is 5.96. The summed E-state index contributed by atoms with van der Waals surface area (Å²) in [5, 5.41) is 10.6. The zero-order valence-corrected chi connectivity index (χ0v) is 20.9. The Hall–Kier alpha value is -2.83. The lowest BCUT2D eigenvalue weighted by Gasteiger charge is -2.25. The summed E-state index contributed by atoms with van der Waals surface area (Å²) in [6, 6.07) is 9.27. The summed E-state index contributed by atoms with van der Waals surface area (Å²) >= 11 is 0. The number of carbonyl (C=O) groups excluding carboxylic acids is 2. The van der Waals surface area contributed by atoms with E-state index in [0.29, 0.717) is 12.4 Å². The summed E-state index contributed by atoms with van der Waals surface area (Å²) in [6.07, 6.45) is 1.75. The molecular weight excluding hydrogens is 402 g/mol. The Morgan fingerprint density at radius 3 is 2.31 bits per heavy atom. The number of urea groups is 1. The third-order valence-electron chi connectivity index (χ3n) is 5.05. The van der Waals surface area contributed by atoms with Gasteiger partial charge < -0.3 is 15.5 Å². The number of nitrogens with zero attached hydrogens (tertiary/aromatic N) is 3. The van der Waals surface area contributed by atoms with Crippen LogP contribution in [-0.2, 0) is 15.7 Å². The van der Waals surface area contributed by atoms with Crippen LogP contribution in [0, 0.1) is 6.92 Å². The van der Waals surface area contributed by atoms with Gasteiger partial charge in [-0.2, -0.15) is 5.10 Å². The summed E-state index contributed by atoms with van der Waals surface area (Å²) < 4.78 is 1.84. The van der Waals surface area contributed by atoms with Crippen molar-refractivity contribution in [3.05, 3.63) is 41.6 Å². The summed E-state index contributed by atoms with van der Waals surface area (Å²) in [5.74, 6) is 0.397. The van der Waals surface area contributed by atoms with Crippen molar-refractivity contribution < 1.29 is 9.59 Å². The van der Waals surface area contributed by atoms with E-state index in [4.69, 9.17) is 5.10 Å². The number of hydrogen-bond acceptors (Lipinski definition) is 3. The van der Waals surface area contributed by atoms with Crippen molar-refractivity contribution in [2.45, 2.75) is 79.2 Å². The van der Waals surface area contributed by atoms with Gasteiger partial charge in [0.2, 0.25) is 5.91 Å². The molecule has 2 N–H and O–H groups in total. The van der Waals surface area contributed by atoms with Crippen molar-refractivity contribution in [3.8, 4) is 0 Å². The smallest absolute Gasteiger partial charge is 0.315 e. The maximum absolute atomic E-state index is 13.0. The molecule has 0 aliphatic carbocycles. The Bertz CT molecular complexity index is 935. The molecule has 0 saturated heterocycles. The second-order valence-electron chi connectivity index (χ2n) is 10.4. The monoisotopic (exact) mass is 441 g/mol. The number of hydrogen-bond donors (Lipinski definition) is 2. The Kier molecular flexibility index (Phi) is 8.10. The van der Waals surface area contributed by atoms with Gasteiger partial charge in [-0.3, -0.25) is 4.79 Å². The Morgan fingerprint density at radius 1 is 1.06 bits per heavy atom. The molecule has 0 radical (unpaired) electrons.